The minimum Gasteiger partial charge on any atom is -0.466 e. The van der Waals surface area contributed by atoms with E-state index in [0.29, 0.717) is 19.5 Å². The zero-order valence-corrected chi connectivity index (χ0v) is 12.1. The summed E-state index contributed by atoms with van der Waals surface area (Å²) in [6.07, 6.45) is 5.77. The first-order chi connectivity index (χ1) is 9.69. The average molecular weight is 275 g/mol. The van der Waals surface area contributed by atoms with Crippen molar-refractivity contribution >= 4 is 5.91 Å². The van der Waals surface area contributed by atoms with Crippen molar-refractivity contribution in [2.45, 2.75) is 39.7 Å². The van der Waals surface area contributed by atoms with Crippen LogP contribution in [0.4, 0.5) is 0 Å². The highest BCUT2D eigenvalue weighted by Gasteiger charge is 2.05. The van der Waals surface area contributed by atoms with Crippen molar-refractivity contribution in [2.75, 3.05) is 6.54 Å². The maximum atomic E-state index is 11.8. The van der Waals surface area contributed by atoms with E-state index in [2.05, 4.69) is 17.2 Å². The molecule has 2 aromatic rings. The molecule has 0 saturated heterocycles. The Kier molecular flexibility index (Phi) is 4.98. The molecule has 0 aliphatic carbocycles. The average Bonchev–Trinajstić information content (AvgIpc) is 3.05. The Hall–Kier alpha value is -2.04. The predicted molar refractivity (Wildman–Crippen MR) is 76.4 cm³/mol. The fourth-order valence-electron chi connectivity index (χ4n) is 2.11. The van der Waals surface area contributed by atoms with Crippen molar-refractivity contribution < 1.29 is 9.21 Å². The molecule has 0 spiro atoms. The van der Waals surface area contributed by atoms with Crippen LogP contribution in [0.25, 0.3) is 0 Å². The minimum absolute atomic E-state index is 0.0593. The van der Waals surface area contributed by atoms with Crippen molar-refractivity contribution in [2.24, 2.45) is 0 Å². The van der Waals surface area contributed by atoms with E-state index in [-0.39, 0.29) is 5.91 Å². The number of amides is 1. The minimum atomic E-state index is 0.0593. The van der Waals surface area contributed by atoms with Crippen LogP contribution in [0.2, 0.25) is 0 Å². The molecule has 0 fully saturated rings. The van der Waals surface area contributed by atoms with Gasteiger partial charge in [0.2, 0.25) is 5.91 Å². The fourth-order valence-corrected chi connectivity index (χ4v) is 2.11. The van der Waals surface area contributed by atoms with Crippen LogP contribution in [0, 0.1) is 6.92 Å². The smallest absolute Gasteiger partial charge is 0.221 e. The van der Waals surface area contributed by atoms with Gasteiger partial charge in [-0.05, 0) is 19.1 Å². The summed E-state index contributed by atoms with van der Waals surface area (Å²) >= 11 is 0. The molecular weight excluding hydrogens is 254 g/mol. The van der Waals surface area contributed by atoms with Crippen molar-refractivity contribution in [3.63, 3.8) is 0 Å². The van der Waals surface area contributed by atoms with E-state index in [0.717, 1.165) is 30.2 Å². The van der Waals surface area contributed by atoms with Gasteiger partial charge in [-0.1, -0.05) is 6.92 Å². The Balaban J connectivity index is 1.68. The molecule has 0 aliphatic rings. The predicted octanol–water partition coefficient (Wildman–Crippen LogP) is 2.10. The molecular formula is C15H21N3O2. The number of carbonyl (C=O) groups is 1. The highest BCUT2D eigenvalue weighted by Crippen LogP contribution is 2.06. The van der Waals surface area contributed by atoms with Crippen LogP contribution in [0.3, 0.4) is 0 Å². The van der Waals surface area contributed by atoms with Crippen molar-refractivity contribution in [1.29, 1.82) is 0 Å². The van der Waals surface area contributed by atoms with Gasteiger partial charge in [0.15, 0.2) is 0 Å². The van der Waals surface area contributed by atoms with Gasteiger partial charge in [0.05, 0.1) is 0 Å². The topological polar surface area (TPSA) is 60.1 Å². The van der Waals surface area contributed by atoms with Gasteiger partial charge in [-0.25, -0.2) is 4.98 Å². The number of imidazole rings is 1. The second kappa shape index (κ2) is 6.93. The van der Waals surface area contributed by atoms with Crippen LogP contribution in [0.15, 0.2) is 28.9 Å². The Morgan fingerprint density at radius 2 is 2.30 bits per heavy atom. The van der Waals surface area contributed by atoms with Crippen LogP contribution < -0.4 is 5.32 Å². The number of carbonyl (C=O) groups excluding carboxylic acids is 1. The third-order valence-corrected chi connectivity index (χ3v) is 3.19. The van der Waals surface area contributed by atoms with Gasteiger partial charge >= 0.3 is 0 Å². The number of aryl methyl sites for hydroxylation is 3. The highest BCUT2D eigenvalue weighted by atomic mass is 16.3. The summed E-state index contributed by atoms with van der Waals surface area (Å²) < 4.78 is 7.47. The molecule has 1 N–H and O–H groups in total. The third-order valence-electron chi connectivity index (χ3n) is 3.19. The number of nitrogens with one attached hydrogen (secondary N) is 1. The first kappa shape index (κ1) is 14.4. The first-order valence-corrected chi connectivity index (χ1v) is 7.01. The summed E-state index contributed by atoms with van der Waals surface area (Å²) in [6.45, 7) is 5.26. The second-order valence-corrected chi connectivity index (χ2v) is 4.75. The largest absolute Gasteiger partial charge is 0.466 e. The standard InChI is InChI=1S/C15H21N3O2/c1-3-14-16-9-11-18(14)10-7-15(19)17-8-6-13-5-4-12(2)20-13/h4-5,9,11H,3,6-8,10H2,1-2H3,(H,17,19). The van der Waals surface area contributed by atoms with Crippen LogP contribution >= 0.6 is 0 Å². The summed E-state index contributed by atoms with van der Waals surface area (Å²) in [5, 5.41) is 2.91. The lowest BCUT2D eigenvalue weighted by Crippen LogP contribution is -2.26. The molecule has 2 heterocycles. The van der Waals surface area contributed by atoms with Crippen molar-refractivity contribution in [1.82, 2.24) is 14.9 Å². The molecule has 108 valence electrons. The van der Waals surface area contributed by atoms with Crippen LogP contribution in [-0.4, -0.2) is 22.0 Å². The van der Waals surface area contributed by atoms with Gasteiger partial charge in [-0.3, -0.25) is 4.79 Å². The Bertz CT molecular complexity index is 557. The number of hydrogen-bond donors (Lipinski definition) is 1. The van der Waals surface area contributed by atoms with Gasteiger partial charge in [-0.2, -0.15) is 0 Å². The summed E-state index contributed by atoms with van der Waals surface area (Å²) in [5.41, 5.74) is 0. The maximum absolute atomic E-state index is 11.8. The molecule has 0 aliphatic heterocycles. The zero-order valence-electron chi connectivity index (χ0n) is 12.1. The molecule has 0 unspecified atom stereocenters. The SMILES string of the molecule is CCc1nccn1CCC(=O)NCCc1ccc(C)o1. The number of aromatic nitrogens is 2. The molecule has 2 rings (SSSR count). The molecule has 20 heavy (non-hydrogen) atoms. The number of furan rings is 1. The molecule has 2 aromatic heterocycles. The molecule has 5 heteroatoms. The number of rotatable bonds is 7. The highest BCUT2D eigenvalue weighted by molar-refractivity contribution is 5.75. The van der Waals surface area contributed by atoms with Crippen LogP contribution in [0.5, 0.6) is 0 Å². The Morgan fingerprint density at radius 3 is 3.00 bits per heavy atom. The molecule has 0 bridgehead atoms. The summed E-state index contributed by atoms with van der Waals surface area (Å²) in [7, 11) is 0. The Morgan fingerprint density at radius 1 is 1.45 bits per heavy atom. The van der Waals surface area contributed by atoms with E-state index in [1.807, 2.05) is 29.8 Å². The maximum Gasteiger partial charge on any atom is 0.221 e. The van der Waals surface area contributed by atoms with E-state index in [1.165, 1.54) is 0 Å². The molecule has 0 radical (unpaired) electrons. The monoisotopic (exact) mass is 275 g/mol. The lowest BCUT2D eigenvalue weighted by molar-refractivity contribution is -0.121. The van der Waals surface area contributed by atoms with Crippen LogP contribution in [-0.2, 0) is 24.2 Å². The van der Waals surface area contributed by atoms with Crippen LogP contribution in [0.1, 0.15) is 30.7 Å². The van der Waals surface area contributed by atoms with E-state index < -0.39 is 0 Å². The zero-order chi connectivity index (χ0) is 14.4. The van der Waals surface area contributed by atoms with Gasteiger partial charge in [0, 0.05) is 44.7 Å². The van der Waals surface area contributed by atoms with Crippen molar-refractivity contribution in [3.8, 4) is 0 Å². The van der Waals surface area contributed by atoms with E-state index in [9.17, 15) is 4.79 Å². The third kappa shape index (κ3) is 3.98. The summed E-state index contributed by atoms with van der Waals surface area (Å²) in [6, 6.07) is 3.88. The lowest BCUT2D eigenvalue weighted by atomic mass is 10.3. The van der Waals surface area contributed by atoms with Gasteiger partial charge in [0.25, 0.3) is 0 Å². The normalized spacial score (nSPS) is 10.7. The van der Waals surface area contributed by atoms with E-state index in [1.54, 1.807) is 6.20 Å². The fraction of sp³-hybridized carbons (Fsp3) is 0.467. The molecule has 0 aromatic carbocycles. The number of hydrogen-bond acceptors (Lipinski definition) is 3. The molecule has 0 saturated carbocycles. The van der Waals surface area contributed by atoms with Crippen molar-refractivity contribution in [3.05, 3.63) is 41.9 Å². The van der Waals surface area contributed by atoms with Gasteiger partial charge < -0.3 is 14.3 Å². The van der Waals surface area contributed by atoms with Gasteiger partial charge in [-0.15, -0.1) is 0 Å². The van der Waals surface area contributed by atoms with E-state index in [4.69, 9.17) is 4.42 Å². The first-order valence-electron chi connectivity index (χ1n) is 7.01. The quantitative estimate of drug-likeness (QED) is 0.841. The van der Waals surface area contributed by atoms with E-state index >= 15 is 0 Å². The summed E-state index contributed by atoms with van der Waals surface area (Å²) in [4.78, 5) is 16.0. The Labute approximate surface area is 119 Å². The van der Waals surface area contributed by atoms with Gasteiger partial charge in [0.1, 0.15) is 17.3 Å². The second-order valence-electron chi connectivity index (χ2n) is 4.75. The molecule has 5 nitrogen and oxygen atoms in total. The summed E-state index contributed by atoms with van der Waals surface area (Å²) in [5.74, 6) is 2.89. The number of nitrogens with zero attached hydrogens (tertiary/aromatic N) is 2. The lowest BCUT2D eigenvalue weighted by Gasteiger charge is -2.07. The molecule has 0 atom stereocenters. The molecule has 1 amide bonds.